The summed E-state index contributed by atoms with van der Waals surface area (Å²) >= 11 is 0. The molecule has 0 aromatic carbocycles. The molecule has 2 amide bonds. The second-order valence-electron chi connectivity index (χ2n) is 8.51. The summed E-state index contributed by atoms with van der Waals surface area (Å²) in [7, 11) is 0. The van der Waals surface area contributed by atoms with E-state index in [-0.39, 0.29) is 45.7 Å². The van der Waals surface area contributed by atoms with Gasteiger partial charge in [-0.05, 0) is 30.9 Å². The fourth-order valence-corrected chi connectivity index (χ4v) is 4.50. The summed E-state index contributed by atoms with van der Waals surface area (Å²) in [6.07, 6.45) is -4.69. The zero-order chi connectivity index (χ0) is 25.3. The Morgan fingerprint density at radius 1 is 1.26 bits per heavy atom. The van der Waals surface area contributed by atoms with Gasteiger partial charge in [0.25, 0.3) is 5.91 Å². The van der Waals surface area contributed by atoms with Gasteiger partial charge in [-0.2, -0.15) is 27.1 Å². The fraction of sp³-hybridized carbons (Fsp3) is 0.400. The SMILES string of the molecule is Nc1nc(-c2nn(CCC(F)(F)C(F)(F)F)c3ncccc23)nc2c1C(C([NH3+])=O)(C1CC1)C(=O)N2. The number of carbonyl (C=O) groups excluding carboxylic acids is 2. The minimum Gasteiger partial charge on any atom is -0.383 e. The van der Waals surface area contributed by atoms with Crippen molar-refractivity contribution in [1.29, 1.82) is 0 Å². The summed E-state index contributed by atoms with van der Waals surface area (Å²) in [5.74, 6) is -6.75. The Hall–Kier alpha value is -3.75. The molecule has 0 radical (unpaired) electrons. The number of halogens is 5. The monoisotopic (exact) mass is 497 g/mol. The van der Waals surface area contributed by atoms with Crippen molar-refractivity contribution in [2.75, 3.05) is 11.1 Å². The summed E-state index contributed by atoms with van der Waals surface area (Å²) in [5, 5.41) is 6.95. The predicted octanol–water partition coefficient (Wildman–Crippen LogP) is 1.43. The Bertz CT molecular complexity index is 1380. The highest BCUT2D eigenvalue weighted by Gasteiger charge is 2.64. The lowest BCUT2D eigenvalue weighted by molar-refractivity contribution is -0.312. The molecule has 2 aliphatic rings. The van der Waals surface area contributed by atoms with Gasteiger partial charge >= 0.3 is 18.0 Å². The molecular formula is C20H18F5N8O2+. The van der Waals surface area contributed by atoms with Crippen LogP contribution < -0.4 is 16.8 Å². The first kappa shape index (κ1) is 23.0. The number of fused-ring (bicyclic) bond motifs is 2. The Morgan fingerprint density at radius 3 is 2.60 bits per heavy atom. The van der Waals surface area contributed by atoms with E-state index < -0.39 is 42.3 Å². The van der Waals surface area contributed by atoms with Crippen LogP contribution in [0.25, 0.3) is 22.6 Å². The molecule has 1 aliphatic heterocycles. The zero-order valence-corrected chi connectivity index (χ0v) is 17.9. The van der Waals surface area contributed by atoms with Crippen LogP contribution in [0.3, 0.4) is 0 Å². The van der Waals surface area contributed by atoms with E-state index >= 15 is 0 Å². The quantitative estimate of drug-likeness (QED) is 0.344. The second kappa shape index (κ2) is 7.37. The van der Waals surface area contributed by atoms with Crippen molar-refractivity contribution < 1.29 is 37.3 Å². The number of amides is 2. The van der Waals surface area contributed by atoms with E-state index in [4.69, 9.17) is 5.73 Å². The average molecular weight is 497 g/mol. The Balaban J connectivity index is 1.59. The number of rotatable bonds is 6. The molecule has 184 valence electrons. The van der Waals surface area contributed by atoms with Gasteiger partial charge in [0.2, 0.25) is 0 Å². The molecule has 15 heteroatoms. The van der Waals surface area contributed by atoms with Gasteiger partial charge in [-0.1, -0.05) is 0 Å². The van der Waals surface area contributed by atoms with E-state index in [1.54, 1.807) is 0 Å². The van der Waals surface area contributed by atoms with Crippen LogP contribution in [0.2, 0.25) is 0 Å². The third-order valence-electron chi connectivity index (χ3n) is 6.32. The largest absolute Gasteiger partial charge is 0.453 e. The van der Waals surface area contributed by atoms with Crippen molar-refractivity contribution >= 4 is 34.5 Å². The number of nitrogens with zero attached hydrogens (tertiary/aromatic N) is 5. The molecule has 4 heterocycles. The molecule has 6 N–H and O–H groups in total. The summed E-state index contributed by atoms with van der Waals surface area (Å²) in [6.45, 7) is -0.794. The summed E-state index contributed by atoms with van der Waals surface area (Å²) in [6, 6.07) is 3.03. The highest BCUT2D eigenvalue weighted by molar-refractivity contribution is 6.19. The number of pyridine rings is 1. The topological polar surface area (TPSA) is 156 Å². The highest BCUT2D eigenvalue weighted by Crippen LogP contribution is 2.54. The molecule has 0 saturated heterocycles. The van der Waals surface area contributed by atoms with Crippen molar-refractivity contribution in [2.24, 2.45) is 5.92 Å². The third kappa shape index (κ3) is 3.32. The number of aryl methyl sites for hydroxylation is 1. The van der Waals surface area contributed by atoms with E-state index in [1.165, 1.54) is 18.3 Å². The van der Waals surface area contributed by atoms with E-state index in [1.807, 2.05) is 0 Å². The Morgan fingerprint density at radius 2 is 1.97 bits per heavy atom. The smallest absolute Gasteiger partial charge is 0.383 e. The maximum absolute atomic E-state index is 13.5. The van der Waals surface area contributed by atoms with E-state index in [0.29, 0.717) is 12.8 Å². The van der Waals surface area contributed by atoms with Crippen LogP contribution >= 0.6 is 0 Å². The van der Waals surface area contributed by atoms with Crippen molar-refractivity contribution in [1.82, 2.24) is 24.7 Å². The minimum absolute atomic E-state index is 0.00315. The standard InChI is InChI=1S/C20H17F5N8O2/c21-18(22,20(23,24)25)5-7-33-15-9(2-1-6-28-15)11(32-33)14-29-12(26)10-13(30-14)31-17(35)19(10,16(27)34)8-3-4-8/h1-2,6,8H,3-5,7H2,(H2,27,34)(H3,26,29,30,31,35)/p+1. The van der Waals surface area contributed by atoms with Crippen LogP contribution in [0.1, 0.15) is 24.8 Å². The molecule has 3 aromatic rings. The number of hydrogen-bond acceptors (Lipinski definition) is 7. The molecule has 3 aromatic heterocycles. The number of hydrogen-bond donors (Lipinski definition) is 3. The number of nitrogen functional groups attached to an aromatic ring is 1. The molecule has 1 aliphatic carbocycles. The molecule has 10 nitrogen and oxygen atoms in total. The number of nitrogens with two attached hydrogens (primary N) is 1. The van der Waals surface area contributed by atoms with E-state index in [9.17, 15) is 31.5 Å². The van der Waals surface area contributed by atoms with Crippen LogP contribution in [-0.4, -0.2) is 48.6 Å². The lowest BCUT2D eigenvalue weighted by Crippen LogP contribution is -2.69. The number of alkyl halides is 5. The number of quaternary nitrogens is 1. The van der Waals surface area contributed by atoms with Crippen LogP contribution in [0.5, 0.6) is 0 Å². The van der Waals surface area contributed by atoms with E-state index in [2.05, 4.69) is 31.1 Å². The number of nitrogens with one attached hydrogen (secondary N) is 1. The van der Waals surface area contributed by atoms with Crippen LogP contribution in [0, 0.1) is 5.92 Å². The molecular weight excluding hydrogens is 479 g/mol. The molecule has 1 saturated carbocycles. The van der Waals surface area contributed by atoms with Gasteiger partial charge in [0, 0.05) is 19.2 Å². The Kier molecular flexibility index (Phi) is 4.85. The van der Waals surface area contributed by atoms with Crippen molar-refractivity contribution in [3.8, 4) is 11.5 Å². The second-order valence-corrected chi connectivity index (χ2v) is 8.51. The van der Waals surface area contributed by atoms with Gasteiger partial charge < -0.3 is 11.1 Å². The van der Waals surface area contributed by atoms with Crippen molar-refractivity contribution in [3.63, 3.8) is 0 Å². The van der Waals surface area contributed by atoms with Gasteiger partial charge in [-0.25, -0.2) is 24.4 Å². The maximum Gasteiger partial charge on any atom is 0.453 e. The van der Waals surface area contributed by atoms with E-state index in [0.717, 1.165) is 4.68 Å². The molecule has 0 bridgehead atoms. The van der Waals surface area contributed by atoms with Gasteiger partial charge in [-0.15, -0.1) is 0 Å². The zero-order valence-electron chi connectivity index (χ0n) is 17.9. The first-order valence-corrected chi connectivity index (χ1v) is 10.5. The van der Waals surface area contributed by atoms with Crippen LogP contribution in [-0.2, 0) is 21.5 Å². The lowest BCUT2D eigenvalue weighted by atomic mass is 9.76. The van der Waals surface area contributed by atoms with Crippen LogP contribution in [0.15, 0.2) is 18.3 Å². The molecule has 1 unspecified atom stereocenters. The number of aromatic nitrogens is 5. The predicted molar refractivity (Wildman–Crippen MR) is 110 cm³/mol. The lowest BCUT2D eigenvalue weighted by Gasteiger charge is -2.21. The highest BCUT2D eigenvalue weighted by atomic mass is 19.4. The molecule has 35 heavy (non-hydrogen) atoms. The molecule has 1 fully saturated rings. The summed E-state index contributed by atoms with van der Waals surface area (Å²) < 4.78 is 65.7. The van der Waals surface area contributed by atoms with Gasteiger partial charge in [0.1, 0.15) is 17.3 Å². The van der Waals surface area contributed by atoms with Gasteiger partial charge in [-0.3, -0.25) is 10.5 Å². The fourth-order valence-electron chi connectivity index (χ4n) is 4.50. The molecule has 0 spiro atoms. The first-order valence-electron chi connectivity index (χ1n) is 10.5. The van der Waals surface area contributed by atoms with Gasteiger partial charge in [0.15, 0.2) is 16.9 Å². The minimum atomic E-state index is -5.71. The maximum atomic E-state index is 13.5. The molecule has 5 rings (SSSR count). The number of carbonyl (C=O) groups is 2. The molecule has 1 atom stereocenters. The van der Waals surface area contributed by atoms with Crippen molar-refractivity contribution in [2.45, 2.75) is 43.3 Å². The van der Waals surface area contributed by atoms with Crippen LogP contribution in [0.4, 0.5) is 33.6 Å². The summed E-state index contributed by atoms with van der Waals surface area (Å²) in [4.78, 5) is 37.9. The van der Waals surface area contributed by atoms with Crippen molar-refractivity contribution in [3.05, 3.63) is 23.9 Å². The third-order valence-corrected chi connectivity index (χ3v) is 6.32. The average Bonchev–Trinajstić information content (AvgIpc) is 3.47. The normalized spacial score (nSPS) is 20.2. The Labute approximate surface area is 192 Å². The van der Waals surface area contributed by atoms with Gasteiger partial charge in [0.05, 0.1) is 10.9 Å². The first-order chi connectivity index (χ1) is 16.4. The number of anilines is 2. The summed E-state index contributed by atoms with van der Waals surface area (Å²) in [5.41, 5.74) is 8.20.